The third-order valence-corrected chi connectivity index (χ3v) is 3.30. The third-order valence-electron chi connectivity index (χ3n) is 3.30. The van der Waals surface area contributed by atoms with Crippen molar-refractivity contribution in [2.45, 2.75) is 12.3 Å². The maximum absolute atomic E-state index is 11.8. The lowest BCUT2D eigenvalue weighted by atomic mass is 10.1. The molecular weight excluding hydrogens is 246 g/mol. The summed E-state index contributed by atoms with van der Waals surface area (Å²) < 4.78 is 9.76. The Hall–Kier alpha value is -2.04. The molecule has 0 aliphatic heterocycles. The molecule has 5 nitrogen and oxygen atoms in total. The molecule has 0 saturated heterocycles. The van der Waals surface area contributed by atoms with Crippen LogP contribution in [0.15, 0.2) is 24.3 Å². The Kier molecular flexibility index (Phi) is 4.04. The first-order valence-electron chi connectivity index (χ1n) is 6.14. The molecule has 102 valence electrons. The van der Waals surface area contributed by atoms with Crippen molar-refractivity contribution in [1.29, 1.82) is 0 Å². The standard InChI is InChI=1S/C14H17NO4/c1-18-12-6-4-3-5-9(12)10-7-11(10)14(17)15-8-13(16)19-2/h3-6,10-11H,7-8H2,1-2H3,(H,15,17)/t10-,11-/m1/s1. The van der Waals surface area contributed by atoms with Crippen molar-refractivity contribution in [3.05, 3.63) is 29.8 Å². The number of carbonyl (C=O) groups is 2. The smallest absolute Gasteiger partial charge is 0.325 e. The maximum Gasteiger partial charge on any atom is 0.325 e. The molecule has 19 heavy (non-hydrogen) atoms. The molecule has 1 fully saturated rings. The zero-order chi connectivity index (χ0) is 13.8. The van der Waals surface area contributed by atoms with Gasteiger partial charge in [0.1, 0.15) is 12.3 Å². The molecule has 2 atom stereocenters. The largest absolute Gasteiger partial charge is 0.496 e. The lowest BCUT2D eigenvalue weighted by Gasteiger charge is -2.07. The third kappa shape index (κ3) is 3.05. The summed E-state index contributed by atoms with van der Waals surface area (Å²) in [5, 5.41) is 2.58. The normalized spacial score (nSPS) is 20.5. The number of esters is 1. The first-order valence-corrected chi connectivity index (χ1v) is 6.14. The summed E-state index contributed by atoms with van der Waals surface area (Å²) in [5.74, 6) is 0.342. The van der Waals surface area contributed by atoms with E-state index in [1.165, 1.54) is 7.11 Å². The second-order valence-electron chi connectivity index (χ2n) is 4.48. The molecule has 1 aliphatic carbocycles. The second kappa shape index (κ2) is 5.73. The number of para-hydroxylation sites is 1. The van der Waals surface area contributed by atoms with E-state index in [0.29, 0.717) is 0 Å². The van der Waals surface area contributed by atoms with Crippen molar-refractivity contribution in [2.75, 3.05) is 20.8 Å². The fraction of sp³-hybridized carbons (Fsp3) is 0.429. The SMILES string of the molecule is COC(=O)CNC(=O)[C@@H]1C[C@@H]1c1ccccc1OC. The number of nitrogens with one attached hydrogen (secondary N) is 1. The summed E-state index contributed by atoms with van der Waals surface area (Å²) in [6.45, 7) is -0.0789. The Bertz CT molecular complexity index is 486. The Labute approximate surface area is 111 Å². The van der Waals surface area contributed by atoms with E-state index in [1.807, 2.05) is 24.3 Å². The van der Waals surface area contributed by atoms with E-state index in [9.17, 15) is 9.59 Å². The van der Waals surface area contributed by atoms with Gasteiger partial charge in [0, 0.05) is 5.92 Å². The van der Waals surface area contributed by atoms with E-state index in [2.05, 4.69) is 10.1 Å². The highest BCUT2D eigenvalue weighted by Gasteiger charge is 2.45. The van der Waals surface area contributed by atoms with Gasteiger partial charge in [0.05, 0.1) is 14.2 Å². The molecule has 1 aromatic carbocycles. The molecule has 1 saturated carbocycles. The van der Waals surface area contributed by atoms with E-state index in [1.54, 1.807) is 7.11 Å². The van der Waals surface area contributed by atoms with Crippen LogP contribution in [-0.2, 0) is 14.3 Å². The van der Waals surface area contributed by atoms with Gasteiger partial charge in [0.15, 0.2) is 0 Å². The van der Waals surface area contributed by atoms with Crippen LogP contribution in [0, 0.1) is 5.92 Å². The first-order chi connectivity index (χ1) is 9.17. The average molecular weight is 263 g/mol. The fourth-order valence-electron chi connectivity index (χ4n) is 2.16. The van der Waals surface area contributed by atoms with Crippen LogP contribution >= 0.6 is 0 Å². The van der Waals surface area contributed by atoms with Gasteiger partial charge < -0.3 is 14.8 Å². The molecule has 0 spiro atoms. The van der Waals surface area contributed by atoms with E-state index >= 15 is 0 Å². The molecule has 0 heterocycles. The fourth-order valence-corrected chi connectivity index (χ4v) is 2.16. The number of amides is 1. The van der Waals surface area contributed by atoms with Crippen LogP contribution in [0.3, 0.4) is 0 Å². The van der Waals surface area contributed by atoms with Crippen LogP contribution in [0.4, 0.5) is 0 Å². The van der Waals surface area contributed by atoms with E-state index in [0.717, 1.165) is 17.7 Å². The molecule has 0 radical (unpaired) electrons. The Morgan fingerprint density at radius 1 is 1.32 bits per heavy atom. The van der Waals surface area contributed by atoms with Crippen LogP contribution < -0.4 is 10.1 Å². The molecule has 0 aromatic heterocycles. The maximum atomic E-state index is 11.8. The van der Waals surface area contributed by atoms with E-state index in [-0.39, 0.29) is 24.3 Å². The molecular formula is C14H17NO4. The monoisotopic (exact) mass is 263 g/mol. The van der Waals surface area contributed by atoms with Crippen LogP contribution in [-0.4, -0.2) is 32.6 Å². The topological polar surface area (TPSA) is 64.6 Å². The molecule has 1 aromatic rings. The van der Waals surface area contributed by atoms with Crippen molar-refractivity contribution in [1.82, 2.24) is 5.32 Å². The van der Waals surface area contributed by atoms with Gasteiger partial charge in [-0.05, 0) is 24.0 Å². The quantitative estimate of drug-likeness (QED) is 0.808. The Balaban J connectivity index is 1.93. The lowest BCUT2D eigenvalue weighted by molar-refractivity contribution is -0.141. The van der Waals surface area contributed by atoms with Crippen molar-refractivity contribution < 1.29 is 19.1 Å². The molecule has 0 unspecified atom stereocenters. The minimum absolute atomic E-state index is 0.0789. The number of carbonyl (C=O) groups excluding carboxylic acids is 2. The predicted octanol–water partition coefficient (Wildman–Crippen LogP) is 1.09. The minimum Gasteiger partial charge on any atom is -0.496 e. The summed E-state index contributed by atoms with van der Waals surface area (Å²) in [7, 11) is 2.91. The highest BCUT2D eigenvalue weighted by atomic mass is 16.5. The predicted molar refractivity (Wildman–Crippen MR) is 68.9 cm³/mol. The first kappa shape index (κ1) is 13.4. The summed E-state index contributed by atoms with van der Waals surface area (Å²) in [4.78, 5) is 22.8. The van der Waals surface area contributed by atoms with Crippen molar-refractivity contribution in [3.63, 3.8) is 0 Å². The van der Waals surface area contributed by atoms with Gasteiger partial charge in [-0.1, -0.05) is 18.2 Å². The molecule has 1 amide bonds. The lowest BCUT2D eigenvalue weighted by Crippen LogP contribution is -2.31. The molecule has 0 bridgehead atoms. The van der Waals surface area contributed by atoms with Gasteiger partial charge in [-0.3, -0.25) is 9.59 Å². The van der Waals surface area contributed by atoms with E-state index in [4.69, 9.17) is 4.74 Å². The molecule has 5 heteroatoms. The van der Waals surface area contributed by atoms with Crippen molar-refractivity contribution in [2.24, 2.45) is 5.92 Å². The summed E-state index contributed by atoms with van der Waals surface area (Å²) in [5.41, 5.74) is 1.04. The van der Waals surface area contributed by atoms with Crippen LogP contribution in [0.2, 0.25) is 0 Å². The van der Waals surface area contributed by atoms with Gasteiger partial charge in [-0.15, -0.1) is 0 Å². The van der Waals surface area contributed by atoms with Crippen LogP contribution in [0.25, 0.3) is 0 Å². The summed E-state index contributed by atoms with van der Waals surface area (Å²) >= 11 is 0. The zero-order valence-electron chi connectivity index (χ0n) is 11.0. The highest BCUT2D eigenvalue weighted by Crippen LogP contribution is 2.50. The van der Waals surface area contributed by atoms with Crippen molar-refractivity contribution >= 4 is 11.9 Å². The Morgan fingerprint density at radius 3 is 2.74 bits per heavy atom. The van der Waals surface area contributed by atoms with Gasteiger partial charge in [0.25, 0.3) is 0 Å². The molecule has 2 rings (SSSR count). The summed E-state index contributed by atoms with van der Waals surface area (Å²) in [6, 6.07) is 7.69. The number of methoxy groups -OCH3 is 2. The number of benzene rings is 1. The molecule has 1 aliphatic rings. The van der Waals surface area contributed by atoms with Gasteiger partial charge in [-0.25, -0.2) is 0 Å². The average Bonchev–Trinajstić information content (AvgIpc) is 3.24. The number of rotatable bonds is 5. The van der Waals surface area contributed by atoms with Gasteiger partial charge >= 0.3 is 5.97 Å². The number of ether oxygens (including phenoxy) is 2. The number of hydrogen-bond acceptors (Lipinski definition) is 4. The summed E-state index contributed by atoms with van der Waals surface area (Å²) in [6.07, 6.45) is 0.785. The van der Waals surface area contributed by atoms with E-state index < -0.39 is 5.97 Å². The van der Waals surface area contributed by atoms with Gasteiger partial charge in [-0.2, -0.15) is 0 Å². The van der Waals surface area contributed by atoms with Gasteiger partial charge in [0.2, 0.25) is 5.91 Å². The second-order valence-corrected chi connectivity index (χ2v) is 4.48. The Morgan fingerprint density at radius 2 is 2.05 bits per heavy atom. The number of hydrogen-bond donors (Lipinski definition) is 1. The molecule has 1 N–H and O–H groups in total. The minimum atomic E-state index is -0.442. The highest BCUT2D eigenvalue weighted by molar-refractivity contribution is 5.86. The van der Waals surface area contributed by atoms with Crippen LogP contribution in [0.1, 0.15) is 17.9 Å². The zero-order valence-corrected chi connectivity index (χ0v) is 11.0. The van der Waals surface area contributed by atoms with Crippen molar-refractivity contribution in [3.8, 4) is 5.75 Å². The van der Waals surface area contributed by atoms with Crippen LogP contribution in [0.5, 0.6) is 5.75 Å².